The highest BCUT2D eigenvalue weighted by molar-refractivity contribution is 5.79. The van der Waals surface area contributed by atoms with Crippen LogP contribution in [0.5, 0.6) is 5.75 Å². The Bertz CT molecular complexity index is 603. The van der Waals surface area contributed by atoms with Crippen molar-refractivity contribution in [1.82, 2.24) is 15.5 Å². The third-order valence-corrected chi connectivity index (χ3v) is 4.98. The Hall–Kier alpha value is -1.83. The van der Waals surface area contributed by atoms with E-state index in [1.165, 1.54) is 0 Å². The molecule has 164 valence electrons. The Balaban J connectivity index is 1.93. The molecule has 1 aromatic rings. The van der Waals surface area contributed by atoms with E-state index < -0.39 is 0 Å². The highest BCUT2D eigenvalue weighted by atomic mass is 16.5. The van der Waals surface area contributed by atoms with Crippen molar-refractivity contribution < 1.29 is 14.2 Å². The first-order valence-electron chi connectivity index (χ1n) is 10.7. The fourth-order valence-corrected chi connectivity index (χ4v) is 3.39. The standard InChI is InChI=1S/C22H38N4O3/c1-5-23-22(25-17-21(18(2)3)26-9-11-28-12-10-26)24-16-19-7-6-8-20(15-19)29-14-13-27-4/h6-8,15,18,21H,5,9-14,16-17H2,1-4H3,(H2,23,24,25). The van der Waals surface area contributed by atoms with E-state index in [0.29, 0.717) is 31.7 Å². The molecule has 0 radical (unpaired) electrons. The Morgan fingerprint density at radius 1 is 1.21 bits per heavy atom. The lowest BCUT2D eigenvalue weighted by Gasteiger charge is -2.37. The van der Waals surface area contributed by atoms with E-state index in [9.17, 15) is 0 Å². The summed E-state index contributed by atoms with van der Waals surface area (Å²) < 4.78 is 16.2. The fourth-order valence-electron chi connectivity index (χ4n) is 3.39. The van der Waals surface area contributed by atoms with Crippen molar-refractivity contribution in [2.24, 2.45) is 10.9 Å². The summed E-state index contributed by atoms with van der Waals surface area (Å²) in [4.78, 5) is 7.29. The van der Waals surface area contributed by atoms with Crippen LogP contribution in [-0.2, 0) is 16.0 Å². The number of guanidine groups is 1. The summed E-state index contributed by atoms with van der Waals surface area (Å²) in [6, 6.07) is 8.52. The summed E-state index contributed by atoms with van der Waals surface area (Å²) in [6.45, 7) is 13.7. The molecule has 0 aliphatic carbocycles. The van der Waals surface area contributed by atoms with Gasteiger partial charge in [0, 0.05) is 39.3 Å². The van der Waals surface area contributed by atoms with E-state index in [0.717, 1.165) is 56.7 Å². The van der Waals surface area contributed by atoms with Crippen LogP contribution < -0.4 is 15.4 Å². The minimum absolute atomic E-state index is 0.459. The smallest absolute Gasteiger partial charge is 0.191 e. The van der Waals surface area contributed by atoms with Crippen molar-refractivity contribution in [3.63, 3.8) is 0 Å². The molecule has 1 atom stereocenters. The molecule has 7 heteroatoms. The summed E-state index contributed by atoms with van der Waals surface area (Å²) >= 11 is 0. The molecule has 0 saturated carbocycles. The molecule has 0 aromatic heterocycles. The number of methoxy groups -OCH3 is 1. The van der Waals surface area contributed by atoms with Gasteiger partial charge in [0.2, 0.25) is 0 Å². The van der Waals surface area contributed by atoms with Crippen LogP contribution >= 0.6 is 0 Å². The summed E-state index contributed by atoms with van der Waals surface area (Å²) in [6.07, 6.45) is 0. The van der Waals surface area contributed by atoms with Gasteiger partial charge in [-0.15, -0.1) is 0 Å². The molecule has 0 spiro atoms. The average Bonchev–Trinajstić information content (AvgIpc) is 2.73. The fraction of sp³-hybridized carbons (Fsp3) is 0.682. The van der Waals surface area contributed by atoms with E-state index >= 15 is 0 Å². The Morgan fingerprint density at radius 2 is 2.00 bits per heavy atom. The maximum absolute atomic E-state index is 5.69. The third kappa shape index (κ3) is 8.60. The van der Waals surface area contributed by atoms with E-state index in [-0.39, 0.29) is 0 Å². The van der Waals surface area contributed by atoms with Gasteiger partial charge in [-0.25, -0.2) is 4.99 Å². The number of nitrogens with one attached hydrogen (secondary N) is 2. The van der Waals surface area contributed by atoms with Crippen LogP contribution in [0.1, 0.15) is 26.3 Å². The third-order valence-electron chi connectivity index (χ3n) is 4.98. The predicted octanol–water partition coefficient (Wildman–Crippen LogP) is 2.12. The number of morpholine rings is 1. The first-order chi connectivity index (χ1) is 14.1. The molecule has 1 heterocycles. The Kier molecular flexibility index (Phi) is 10.8. The van der Waals surface area contributed by atoms with E-state index in [2.05, 4.69) is 42.4 Å². The quantitative estimate of drug-likeness (QED) is 0.333. The molecule has 7 nitrogen and oxygen atoms in total. The largest absolute Gasteiger partial charge is 0.491 e. The van der Waals surface area contributed by atoms with Gasteiger partial charge in [-0.3, -0.25) is 4.90 Å². The van der Waals surface area contributed by atoms with Crippen LogP contribution in [0.2, 0.25) is 0 Å². The summed E-state index contributed by atoms with van der Waals surface area (Å²) in [5, 5.41) is 6.89. The topological polar surface area (TPSA) is 67.4 Å². The van der Waals surface area contributed by atoms with Gasteiger partial charge in [0.1, 0.15) is 12.4 Å². The monoisotopic (exact) mass is 406 g/mol. The van der Waals surface area contributed by atoms with Gasteiger partial charge in [-0.1, -0.05) is 26.0 Å². The lowest BCUT2D eigenvalue weighted by molar-refractivity contribution is 0.00752. The molecule has 1 fully saturated rings. The van der Waals surface area contributed by atoms with Crippen LogP contribution in [0.4, 0.5) is 0 Å². The highest BCUT2D eigenvalue weighted by Gasteiger charge is 2.23. The van der Waals surface area contributed by atoms with Crippen LogP contribution in [-0.4, -0.2) is 76.6 Å². The summed E-state index contributed by atoms with van der Waals surface area (Å²) in [5.74, 6) is 2.25. The van der Waals surface area contributed by atoms with Gasteiger partial charge >= 0.3 is 0 Å². The van der Waals surface area contributed by atoms with Crippen molar-refractivity contribution in [1.29, 1.82) is 0 Å². The van der Waals surface area contributed by atoms with Crippen LogP contribution in [0.25, 0.3) is 0 Å². The number of hydrogen-bond acceptors (Lipinski definition) is 5. The maximum Gasteiger partial charge on any atom is 0.191 e. The molecular weight excluding hydrogens is 368 g/mol. The molecule has 1 aromatic carbocycles. The molecule has 2 rings (SSSR count). The molecule has 2 N–H and O–H groups in total. The number of ether oxygens (including phenoxy) is 3. The second-order valence-corrected chi connectivity index (χ2v) is 7.52. The second kappa shape index (κ2) is 13.4. The zero-order chi connectivity index (χ0) is 20.9. The Morgan fingerprint density at radius 3 is 2.69 bits per heavy atom. The van der Waals surface area contributed by atoms with Gasteiger partial charge in [0.05, 0.1) is 26.4 Å². The number of aliphatic imine (C=N–C) groups is 1. The van der Waals surface area contributed by atoms with Crippen LogP contribution in [0, 0.1) is 5.92 Å². The SMILES string of the molecule is CCNC(=NCc1cccc(OCCOC)c1)NCC(C(C)C)N1CCOCC1. The lowest BCUT2D eigenvalue weighted by atomic mass is 10.0. The average molecular weight is 407 g/mol. The molecule has 0 amide bonds. The zero-order valence-corrected chi connectivity index (χ0v) is 18.4. The van der Waals surface area contributed by atoms with Crippen molar-refractivity contribution in [2.45, 2.75) is 33.4 Å². The highest BCUT2D eigenvalue weighted by Crippen LogP contribution is 2.14. The number of hydrogen-bond donors (Lipinski definition) is 2. The molecule has 1 unspecified atom stereocenters. The van der Waals surface area contributed by atoms with E-state index in [1.807, 2.05) is 18.2 Å². The van der Waals surface area contributed by atoms with Crippen LogP contribution in [0.3, 0.4) is 0 Å². The number of rotatable bonds is 11. The molecular formula is C22H38N4O3. The zero-order valence-electron chi connectivity index (χ0n) is 18.4. The summed E-state index contributed by atoms with van der Waals surface area (Å²) in [7, 11) is 1.67. The molecule has 29 heavy (non-hydrogen) atoms. The van der Waals surface area contributed by atoms with Gasteiger partial charge in [-0.05, 0) is 30.5 Å². The molecule has 1 saturated heterocycles. The molecule has 0 bridgehead atoms. The number of nitrogens with zero attached hydrogens (tertiary/aromatic N) is 2. The van der Waals surface area contributed by atoms with Crippen molar-refractivity contribution in [3.8, 4) is 5.75 Å². The minimum Gasteiger partial charge on any atom is -0.491 e. The van der Waals surface area contributed by atoms with Gasteiger partial charge < -0.3 is 24.8 Å². The van der Waals surface area contributed by atoms with Crippen molar-refractivity contribution in [2.75, 3.05) is 59.7 Å². The predicted molar refractivity (Wildman–Crippen MR) is 118 cm³/mol. The number of benzene rings is 1. The minimum atomic E-state index is 0.459. The van der Waals surface area contributed by atoms with Crippen LogP contribution in [0.15, 0.2) is 29.3 Å². The Labute approximate surface area is 175 Å². The van der Waals surface area contributed by atoms with E-state index in [1.54, 1.807) is 7.11 Å². The van der Waals surface area contributed by atoms with Crippen molar-refractivity contribution >= 4 is 5.96 Å². The second-order valence-electron chi connectivity index (χ2n) is 7.52. The van der Waals surface area contributed by atoms with Gasteiger partial charge in [0.25, 0.3) is 0 Å². The van der Waals surface area contributed by atoms with E-state index in [4.69, 9.17) is 19.2 Å². The lowest BCUT2D eigenvalue weighted by Crippen LogP contribution is -2.52. The molecule has 1 aliphatic rings. The normalized spacial score (nSPS) is 16.7. The molecule has 1 aliphatic heterocycles. The first kappa shape index (κ1) is 23.4. The van der Waals surface area contributed by atoms with Gasteiger partial charge in [0.15, 0.2) is 5.96 Å². The summed E-state index contributed by atoms with van der Waals surface area (Å²) in [5.41, 5.74) is 1.12. The van der Waals surface area contributed by atoms with Crippen molar-refractivity contribution in [3.05, 3.63) is 29.8 Å². The maximum atomic E-state index is 5.69. The first-order valence-corrected chi connectivity index (χ1v) is 10.7. The van der Waals surface area contributed by atoms with Gasteiger partial charge in [-0.2, -0.15) is 0 Å².